The largest absolute Gasteiger partial charge is 0.508 e. The highest BCUT2D eigenvalue weighted by Gasteiger charge is 2.13. The van der Waals surface area contributed by atoms with Gasteiger partial charge in [-0.3, -0.25) is 0 Å². The van der Waals surface area contributed by atoms with E-state index in [0.717, 1.165) is 46.3 Å². The van der Waals surface area contributed by atoms with Gasteiger partial charge in [-0.2, -0.15) is 0 Å². The minimum atomic E-state index is 0.261. The number of aromatic nitrogens is 1. The van der Waals surface area contributed by atoms with Gasteiger partial charge in [0.1, 0.15) is 11.5 Å². The van der Waals surface area contributed by atoms with E-state index in [1.165, 1.54) is 10.8 Å². The molecule has 0 amide bonds. The van der Waals surface area contributed by atoms with Gasteiger partial charge in [-0.05, 0) is 71.6 Å². The number of hydrogen-bond acceptors (Lipinski definition) is 3. The van der Waals surface area contributed by atoms with Crippen LogP contribution < -0.4 is 5.73 Å². The normalized spacial score (nSPS) is 11.4. The Morgan fingerprint density at radius 1 is 0.613 bits per heavy atom. The van der Waals surface area contributed by atoms with E-state index in [2.05, 4.69) is 41.0 Å². The SMILES string of the molecule is NCCCn1c2cc(-c3cccc(O)c3)ccc2c2ccc(-c3cccc(O)c3)cc21. The topological polar surface area (TPSA) is 71.4 Å². The van der Waals surface area contributed by atoms with Crippen LogP contribution in [0.1, 0.15) is 6.42 Å². The van der Waals surface area contributed by atoms with E-state index >= 15 is 0 Å². The fraction of sp³-hybridized carbons (Fsp3) is 0.111. The molecule has 0 aliphatic carbocycles. The van der Waals surface area contributed by atoms with Crippen molar-refractivity contribution in [3.05, 3.63) is 84.9 Å². The maximum Gasteiger partial charge on any atom is 0.116 e. The Morgan fingerprint density at radius 3 is 1.55 bits per heavy atom. The Labute approximate surface area is 180 Å². The fourth-order valence-electron chi connectivity index (χ4n) is 4.32. The molecule has 0 fully saturated rings. The zero-order chi connectivity index (χ0) is 21.4. The number of nitrogens with zero attached hydrogens (tertiary/aromatic N) is 1. The van der Waals surface area contributed by atoms with E-state index in [9.17, 15) is 10.2 Å². The van der Waals surface area contributed by atoms with Crippen molar-refractivity contribution in [2.24, 2.45) is 5.73 Å². The van der Waals surface area contributed by atoms with E-state index < -0.39 is 0 Å². The smallest absolute Gasteiger partial charge is 0.116 e. The summed E-state index contributed by atoms with van der Waals surface area (Å²) in [7, 11) is 0. The van der Waals surface area contributed by atoms with E-state index in [0.29, 0.717) is 6.54 Å². The number of hydrogen-bond donors (Lipinski definition) is 3. The molecule has 4 aromatic carbocycles. The summed E-state index contributed by atoms with van der Waals surface area (Å²) >= 11 is 0. The number of aromatic hydroxyl groups is 2. The number of fused-ring (bicyclic) bond motifs is 3. The predicted octanol–water partition coefficient (Wildman–Crippen LogP) is 5.89. The van der Waals surface area contributed by atoms with Gasteiger partial charge >= 0.3 is 0 Å². The number of phenolic OH excluding ortho intramolecular Hbond substituents is 2. The van der Waals surface area contributed by atoms with Gasteiger partial charge in [-0.15, -0.1) is 0 Å². The zero-order valence-corrected chi connectivity index (χ0v) is 17.1. The Morgan fingerprint density at radius 2 is 1.10 bits per heavy atom. The van der Waals surface area contributed by atoms with E-state index in [1.807, 2.05) is 24.3 Å². The molecule has 0 aliphatic rings. The van der Waals surface area contributed by atoms with Gasteiger partial charge in [0.2, 0.25) is 0 Å². The molecule has 0 radical (unpaired) electrons. The van der Waals surface area contributed by atoms with Crippen LogP contribution in [0, 0.1) is 0 Å². The molecule has 31 heavy (non-hydrogen) atoms. The molecule has 0 atom stereocenters. The lowest BCUT2D eigenvalue weighted by molar-refractivity contribution is 0.475. The van der Waals surface area contributed by atoms with Crippen LogP contribution in [0.4, 0.5) is 0 Å². The van der Waals surface area contributed by atoms with Crippen LogP contribution >= 0.6 is 0 Å². The van der Waals surface area contributed by atoms with Crippen molar-refractivity contribution >= 4 is 21.8 Å². The van der Waals surface area contributed by atoms with Crippen molar-refractivity contribution in [1.82, 2.24) is 4.57 Å². The molecule has 4 nitrogen and oxygen atoms in total. The van der Waals surface area contributed by atoms with Gasteiger partial charge in [0.05, 0.1) is 0 Å². The number of aryl methyl sites for hydroxylation is 1. The molecule has 4 heteroatoms. The van der Waals surface area contributed by atoms with Gasteiger partial charge in [0, 0.05) is 28.4 Å². The van der Waals surface area contributed by atoms with Crippen molar-refractivity contribution in [3.8, 4) is 33.8 Å². The van der Waals surface area contributed by atoms with Crippen LogP contribution in [0.25, 0.3) is 44.1 Å². The average Bonchev–Trinajstić information content (AvgIpc) is 3.09. The molecule has 0 saturated heterocycles. The maximum absolute atomic E-state index is 9.89. The quantitative estimate of drug-likeness (QED) is 0.340. The van der Waals surface area contributed by atoms with E-state index in [1.54, 1.807) is 24.3 Å². The third-order valence-corrected chi connectivity index (χ3v) is 5.81. The summed E-state index contributed by atoms with van der Waals surface area (Å²) < 4.78 is 2.33. The van der Waals surface area contributed by atoms with Crippen molar-refractivity contribution in [2.45, 2.75) is 13.0 Å². The Bertz CT molecular complexity index is 1300. The molecule has 0 unspecified atom stereocenters. The standard InChI is InChI=1S/C27H24N2O2/c28-12-3-13-29-26-16-20(18-4-1-6-22(30)14-18)8-10-24(26)25-11-9-21(17-27(25)29)19-5-2-7-23(31)15-19/h1-2,4-11,14-17,30-31H,3,12-13,28H2. The molecule has 0 aliphatic heterocycles. The van der Waals surface area contributed by atoms with Crippen LogP contribution in [0.2, 0.25) is 0 Å². The lowest BCUT2D eigenvalue weighted by Crippen LogP contribution is -2.05. The lowest BCUT2D eigenvalue weighted by Gasteiger charge is -2.09. The van der Waals surface area contributed by atoms with Crippen LogP contribution in [-0.4, -0.2) is 21.3 Å². The van der Waals surface area contributed by atoms with Gasteiger partial charge in [0.25, 0.3) is 0 Å². The average molecular weight is 409 g/mol. The van der Waals surface area contributed by atoms with E-state index in [4.69, 9.17) is 5.73 Å². The molecular weight excluding hydrogens is 384 g/mol. The lowest BCUT2D eigenvalue weighted by atomic mass is 10.0. The highest BCUT2D eigenvalue weighted by Crippen LogP contribution is 2.36. The second-order valence-corrected chi connectivity index (χ2v) is 7.86. The summed E-state index contributed by atoms with van der Waals surface area (Å²) in [5.41, 5.74) is 12.2. The van der Waals surface area contributed by atoms with Crippen LogP contribution in [0.3, 0.4) is 0 Å². The first kappa shape index (κ1) is 19.2. The first-order chi connectivity index (χ1) is 15.1. The minimum absolute atomic E-state index is 0.261. The van der Waals surface area contributed by atoms with E-state index in [-0.39, 0.29) is 11.5 Å². The first-order valence-corrected chi connectivity index (χ1v) is 10.5. The summed E-state index contributed by atoms with van der Waals surface area (Å²) in [6, 6.07) is 27.6. The first-order valence-electron chi connectivity index (χ1n) is 10.5. The summed E-state index contributed by atoms with van der Waals surface area (Å²) in [6.07, 6.45) is 0.881. The second kappa shape index (κ2) is 7.82. The monoisotopic (exact) mass is 408 g/mol. The Kier molecular flexibility index (Phi) is 4.85. The predicted molar refractivity (Wildman–Crippen MR) is 127 cm³/mol. The van der Waals surface area contributed by atoms with Crippen LogP contribution in [-0.2, 0) is 6.54 Å². The number of nitrogens with two attached hydrogens (primary N) is 1. The molecular formula is C27H24N2O2. The molecule has 1 aromatic heterocycles. The number of rotatable bonds is 5. The molecule has 5 rings (SSSR count). The highest BCUT2D eigenvalue weighted by atomic mass is 16.3. The molecule has 5 aromatic rings. The molecule has 154 valence electrons. The molecule has 4 N–H and O–H groups in total. The summed E-state index contributed by atoms with van der Waals surface area (Å²) in [6.45, 7) is 1.45. The van der Waals surface area contributed by atoms with Crippen molar-refractivity contribution in [2.75, 3.05) is 6.54 Å². The summed E-state index contributed by atoms with van der Waals surface area (Å²) in [5.74, 6) is 0.522. The van der Waals surface area contributed by atoms with Crippen molar-refractivity contribution in [1.29, 1.82) is 0 Å². The zero-order valence-electron chi connectivity index (χ0n) is 17.1. The molecule has 0 saturated carbocycles. The van der Waals surface area contributed by atoms with Gasteiger partial charge in [-0.25, -0.2) is 0 Å². The maximum atomic E-state index is 9.89. The van der Waals surface area contributed by atoms with Gasteiger partial charge < -0.3 is 20.5 Å². The molecule has 0 spiro atoms. The van der Waals surface area contributed by atoms with Crippen LogP contribution in [0.5, 0.6) is 11.5 Å². The molecule has 1 heterocycles. The minimum Gasteiger partial charge on any atom is -0.508 e. The van der Waals surface area contributed by atoms with Crippen LogP contribution in [0.15, 0.2) is 84.9 Å². The number of phenols is 2. The fourth-order valence-corrected chi connectivity index (χ4v) is 4.32. The Hall–Kier alpha value is -3.76. The van der Waals surface area contributed by atoms with Crippen molar-refractivity contribution in [3.63, 3.8) is 0 Å². The summed E-state index contributed by atoms with van der Waals surface area (Å²) in [4.78, 5) is 0. The third kappa shape index (κ3) is 3.51. The van der Waals surface area contributed by atoms with Gasteiger partial charge in [0.15, 0.2) is 0 Å². The summed E-state index contributed by atoms with van der Waals surface area (Å²) in [5, 5.41) is 22.2. The highest BCUT2D eigenvalue weighted by molar-refractivity contribution is 6.10. The third-order valence-electron chi connectivity index (χ3n) is 5.81. The molecule has 0 bridgehead atoms. The number of benzene rings is 4. The van der Waals surface area contributed by atoms with Gasteiger partial charge in [-0.1, -0.05) is 48.5 Å². The second-order valence-electron chi connectivity index (χ2n) is 7.86. The Balaban J connectivity index is 1.73. The van der Waals surface area contributed by atoms with Crippen molar-refractivity contribution < 1.29 is 10.2 Å².